The lowest BCUT2D eigenvalue weighted by atomic mass is 10.2. The van der Waals surface area contributed by atoms with Crippen molar-refractivity contribution in [2.45, 2.75) is 31.3 Å². The third kappa shape index (κ3) is 3.25. The van der Waals surface area contributed by atoms with Crippen molar-refractivity contribution in [1.82, 2.24) is 14.3 Å². The zero-order valence-corrected chi connectivity index (χ0v) is 12.6. The molecule has 1 aromatic heterocycles. The summed E-state index contributed by atoms with van der Waals surface area (Å²) in [5, 5.41) is 2.93. The minimum absolute atomic E-state index is 0.0412. The molecule has 1 saturated heterocycles. The maximum atomic E-state index is 12.5. The summed E-state index contributed by atoms with van der Waals surface area (Å²) < 4.78 is 31.9. The zero-order chi connectivity index (χ0) is 14.6. The fraction of sp³-hybridized carbons (Fsp3) is 0.667. The summed E-state index contributed by atoms with van der Waals surface area (Å²) in [5.74, 6) is 0.430. The van der Waals surface area contributed by atoms with Crippen molar-refractivity contribution < 1.29 is 13.2 Å². The molecule has 1 aromatic rings. The number of nitrogens with zero attached hydrogens (tertiary/aromatic N) is 3. The molecule has 2 heterocycles. The molecule has 2 rings (SSSR count). The first-order chi connectivity index (χ1) is 9.57. The van der Waals surface area contributed by atoms with Crippen LogP contribution in [-0.4, -0.2) is 55.0 Å². The van der Waals surface area contributed by atoms with Gasteiger partial charge in [0.1, 0.15) is 4.90 Å². The van der Waals surface area contributed by atoms with E-state index in [1.165, 1.54) is 16.7 Å². The van der Waals surface area contributed by atoms with Crippen LogP contribution in [0.25, 0.3) is 0 Å². The third-order valence-electron chi connectivity index (χ3n) is 3.16. The number of rotatable bonds is 5. The van der Waals surface area contributed by atoms with Crippen molar-refractivity contribution in [3.05, 3.63) is 12.4 Å². The molecule has 0 aliphatic carbocycles. The topological polar surface area (TPSA) is 84.4 Å². The standard InChI is InChI=1S/C12H20N4O3S/c1-3-10-9-16(5-6-19-10)20(17,18)11-7-14-12(13-4-2)15-8-11/h7-8,10H,3-6,9H2,1-2H3,(H,13,14,15). The molecule has 0 radical (unpaired) electrons. The maximum absolute atomic E-state index is 12.5. The van der Waals surface area contributed by atoms with Crippen LogP contribution < -0.4 is 5.32 Å². The summed E-state index contributed by atoms with van der Waals surface area (Å²) in [5.41, 5.74) is 0. The predicted molar refractivity (Wildman–Crippen MR) is 75.0 cm³/mol. The van der Waals surface area contributed by atoms with Crippen LogP contribution in [0.3, 0.4) is 0 Å². The van der Waals surface area contributed by atoms with Crippen molar-refractivity contribution in [2.24, 2.45) is 0 Å². The molecule has 1 atom stereocenters. The molecule has 112 valence electrons. The Hall–Kier alpha value is -1.25. The molecular weight excluding hydrogens is 280 g/mol. The van der Waals surface area contributed by atoms with Crippen LogP contribution in [-0.2, 0) is 14.8 Å². The first-order valence-corrected chi connectivity index (χ1v) is 8.19. The average molecular weight is 300 g/mol. The van der Waals surface area contributed by atoms with Gasteiger partial charge in [0.25, 0.3) is 0 Å². The van der Waals surface area contributed by atoms with Gasteiger partial charge >= 0.3 is 0 Å². The number of anilines is 1. The number of nitrogens with one attached hydrogen (secondary N) is 1. The Morgan fingerprint density at radius 1 is 1.40 bits per heavy atom. The van der Waals surface area contributed by atoms with Gasteiger partial charge in [0.05, 0.1) is 25.1 Å². The van der Waals surface area contributed by atoms with Crippen molar-refractivity contribution in [1.29, 1.82) is 0 Å². The molecule has 0 bridgehead atoms. The second-order valence-corrected chi connectivity index (χ2v) is 6.47. The molecule has 0 saturated carbocycles. The van der Waals surface area contributed by atoms with Crippen molar-refractivity contribution in [3.63, 3.8) is 0 Å². The van der Waals surface area contributed by atoms with E-state index in [1.807, 2.05) is 13.8 Å². The molecule has 0 aromatic carbocycles. The van der Waals surface area contributed by atoms with E-state index in [4.69, 9.17) is 4.74 Å². The molecule has 1 aliphatic heterocycles. The second-order valence-electron chi connectivity index (χ2n) is 4.54. The van der Waals surface area contributed by atoms with Crippen LogP contribution in [0.2, 0.25) is 0 Å². The van der Waals surface area contributed by atoms with Crippen LogP contribution in [0.15, 0.2) is 17.3 Å². The van der Waals surface area contributed by atoms with Gasteiger partial charge in [-0.25, -0.2) is 18.4 Å². The highest BCUT2D eigenvalue weighted by molar-refractivity contribution is 7.89. The number of hydrogen-bond donors (Lipinski definition) is 1. The van der Waals surface area contributed by atoms with Crippen LogP contribution in [0.4, 0.5) is 5.95 Å². The second kappa shape index (κ2) is 6.47. The van der Waals surface area contributed by atoms with E-state index in [2.05, 4.69) is 15.3 Å². The SMILES string of the molecule is CCNc1ncc(S(=O)(=O)N2CCOC(CC)C2)cn1. The number of aromatic nitrogens is 2. The zero-order valence-electron chi connectivity index (χ0n) is 11.7. The maximum Gasteiger partial charge on any atom is 0.246 e. The highest BCUT2D eigenvalue weighted by atomic mass is 32.2. The molecule has 20 heavy (non-hydrogen) atoms. The van der Waals surface area contributed by atoms with Gasteiger partial charge in [-0.3, -0.25) is 0 Å². The van der Waals surface area contributed by atoms with Crippen molar-refractivity contribution in [3.8, 4) is 0 Å². The van der Waals surface area contributed by atoms with Crippen molar-refractivity contribution >= 4 is 16.0 Å². The van der Waals surface area contributed by atoms with Gasteiger partial charge in [-0.2, -0.15) is 4.31 Å². The van der Waals surface area contributed by atoms with Crippen LogP contribution in [0.5, 0.6) is 0 Å². The van der Waals surface area contributed by atoms with Gasteiger partial charge in [-0.15, -0.1) is 0 Å². The van der Waals surface area contributed by atoms with E-state index in [1.54, 1.807) is 0 Å². The summed E-state index contributed by atoms with van der Waals surface area (Å²) in [6, 6.07) is 0. The van der Waals surface area contributed by atoms with Gasteiger partial charge in [-0.05, 0) is 13.3 Å². The van der Waals surface area contributed by atoms with Crippen LogP contribution in [0.1, 0.15) is 20.3 Å². The molecule has 0 amide bonds. The molecule has 1 N–H and O–H groups in total. The van der Waals surface area contributed by atoms with Crippen LogP contribution in [0, 0.1) is 0 Å². The first-order valence-electron chi connectivity index (χ1n) is 6.75. The lowest BCUT2D eigenvalue weighted by Gasteiger charge is -2.31. The molecule has 1 fully saturated rings. The van der Waals surface area contributed by atoms with E-state index in [-0.39, 0.29) is 11.0 Å². The lowest BCUT2D eigenvalue weighted by molar-refractivity contribution is -0.00278. The first kappa shape index (κ1) is 15.1. The normalized spacial score (nSPS) is 20.8. The average Bonchev–Trinajstić information content (AvgIpc) is 2.48. The number of hydrogen-bond acceptors (Lipinski definition) is 6. The van der Waals surface area contributed by atoms with Gasteiger partial charge in [-0.1, -0.05) is 6.92 Å². The number of morpholine rings is 1. The lowest BCUT2D eigenvalue weighted by Crippen LogP contribution is -2.45. The van der Waals surface area contributed by atoms with Gasteiger partial charge in [0.15, 0.2) is 0 Å². The fourth-order valence-corrected chi connectivity index (χ4v) is 3.35. The van der Waals surface area contributed by atoms with Gasteiger partial charge in [0, 0.05) is 19.6 Å². The van der Waals surface area contributed by atoms with E-state index in [9.17, 15) is 8.42 Å². The molecule has 1 aliphatic rings. The molecule has 0 spiro atoms. The summed E-state index contributed by atoms with van der Waals surface area (Å²) in [6.45, 7) is 5.77. The van der Waals surface area contributed by atoms with E-state index in [0.29, 0.717) is 32.2 Å². The van der Waals surface area contributed by atoms with E-state index >= 15 is 0 Å². The quantitative estimate of drug-likeness (QED) is 0.862. The van der Waals surface area contributed by atoms with Crippen molar-refractivity contribution in [2.75, 3.05) is 31.6 Å². The number of ether oxygens (including phenoxy) is 1. The van der Waals surface area contributed by atoms with E-state index < -0.39 is 10.0 Å². The Bertz CT molecular complexity index is 532. The third-order valence-corrected chi connectivity index (χ3v) is 4.98. The van der Waals surface area contributed by atoms with E-state index in [0.717, 1.165) is 6.42 Å². The highest BCUT2D eigenvalue weighted by Crippen LogP contribution is 2.19. The largest absolute Gasteiger partial charge is 0.375 e. The number of sulfonamides is 1. The smallest absolute Gasteiger partial charge is 0.246 e. The molecule has 8 heteroatoms. The van der Waals surface area contributed by atoms with Gasteiger partial charge in [0.2, 0.25) is 16.0 Å². The molecular formula is C12H20N4O3S. The Labute approximate surface area is 119 Å². The fourth-order valence-electron chi connectivity index (χ4n) is 2.01. The summed E-state index contributed by atoms with van der Waals surface area (Å²) >= 11 is 0. The molecule has 1 unspecified atom stereocenters. The monoisotopic (exact) mass is 300 g/mol. The minimum Gasteiger partial charge on any atom is -0.375 e. The Morgan fingerprint density at radius 2 is 2.10 bits per heavy atom. The predicted octanol–water partition coefficient (Wildman–Crippen LogP) is 0.708. The summed E-state index contributed by atoms with van der Waals surface area (Å²) in [7, 11) is -3.54. The highest BCUT2D eigenvalue weighted by Gasteiger charge is 2.30. The Morgan fingerprint density at radius 3 is 2.70 bits per heavy atom. The van der Waals surface area contributed by atoms with Crippen LogP contribution >= 0.6 is 0 Å². The summed E-state index contributed by atoms with van der Waals surface area (Å²) in [6.07, 6.45) is 3.44. The Balaban J connectivity index is 2.16. The summed E-state index contributed by atoms with van der Waals surface area (Å²) in [4.78, 5) is 8.14. The minimum atomic E-state index is -3.54. The Kier molecular flexibility index (Phi) is 4.90. The van der Waals surface area contributed by atoms with Gasteiger partial charge < -0.3 is 10.1 Å². The molecule has 7 nitrogen and oxygen atoms in total.